The highest BCUT2D eigenvalue weighted by molar-refractivity contribution is 7.80. The maximum atomic E-state index is 11.4. The number of nitrogens with zero attached hydrogens (tertiary/aromatic N) is 3. The van der Waals surface area contributed by atoms with E-state index in [9.17, 15) is 9.90 Å². The molecule has 7 nitrogen and oxygen atoms in total. The molecule has 1 aliphatic rings. The van der Waals surface area contributed by atoms with Gasteiger partial charge in [-0.3, -0.25) is 9.97 Å². The van der Waals surface area contributed by atoms with Crippen LogP contribution in [0.5, 0.6) is 0 Å². The second-order valence-electron chi connectivity index (χ2n) is 7.81. The molecule has 0 aliphatic carbocycles. The van der Waals surface area contributed by atoms with Crippen molar-refractivity contribution in [2.45, 2.75) is 18.6 Å². The minimum atomic E-state index is -1.03. The molecular weight excluding hydrogens is 472 g/mol. The number of furan rings is 1. The highest BCUT2D eigenvalue weighted by Gasteiger charge is 2.41. The van der Waals surface area contributed by atoms with Gasteiger partial charge in [0.1, 0.15) is 17.6 Å². The highest BCUT2D eigenvalue weighted by Crippen LogP contribution is 2.42. The number of pyridine rings is 2. The lowest BCUT2D eigenvalue weighted by molar-refractivity contribution is 0.0697. The molecule has 1 fully saturated rings. The van der Waals surface area contributed by atoms with E-state index in [1.807, 2.05) is 36.4 Å². The van der Waals surface area contributed by atoms with Gasteiger partial charge in [-0.15, -0.1) is 0 Å². The Morgan fingerprint density at radius 3 is 2.68 bits per heavy atom. The molecular formula is C25H19ClN4O3S. The number of aromatic carboxylic acids is 1. The van der Waals surface area contributed by atoms with E-state index in [1.54, 1.807) is 30.7 Å². The predicted molar refractivity (Wildman–Crippen MR) is 131 cm³/mol. The molecule has 0 radical (unpaired) electrons. The zero-order valence-corrected chi connectivity index (χ0v) is 19.3. The normalized spacial score (nSPS) is 17.6. The van der Waals surface area contributed by atoms with Gasteiger partial charge in [-0.2, -0.15) is 0 Å². The van der Waals surface area contributed by atoms with Crippen LogP contribution in [-0.2, 0) is 6.54 Å². The number of carboxylic acid groups (broad SMARTS) is 1. The minimum absolute atomic E-state index is 0.131. The van der Waals surface area contributed by atoms with E-state index in [4.69, 9.17) is 28.2 Å². The highest BCUT2D eigenvalue weighted by atomic mass is 35.5. The van der Waals surface area contributed by atoms with Crippen LogP contribution in [0, 0.1) is 0 Å². The van der Waals surface area contributed by atoms with Crippen LogP contribution in [0.1, 0.15) is 39.5 Å². The Balaban J connectivity index is 1.56. The van der Waals surface area contributed by atoms with Crippen LogP contribution in [-0.4, -0.2) is 31.1 Å². The van der Waals surface area contributed by atoms with Crippen molar-refractivity contribution in [2.24, 2.45) is 0 Å². The van der Waals surface area contributed by atoms with Crippen molar-refractivity contribution < 1.29 is 14.3 Å². The molecule has 1 aliphatic heterocycles. The Morgan fingerprint density at radius 2 is 1.94 bits per heavy atom. The molecule has 0 unspecified atom stereocenters. The van der Waals surface area contributed by atoms with Gasteiger partial charge in [0.05, 0.1) is 22.3 Å². The van der Waals surface area contributed by atoms with Crippen molar-refractivity contribution in [1.29, 1.82) is 0 Å². The molecule has 170 valence electrons. The van der Waals surface area contributed by atoms with E-state index in [0.717, 1.165) is 11.3 Å². The maximum absolute atomic E-state index is 11.4. The van der Waals surface area contributed by atoms with Crippen LogP contribution < -0.4 is 5.32 Å². The first-order valence-electron chi connectivity index (χ1n) is 10.5. The van der Waals surface area contributed by atoms with Crippen LogP contribution in [0.2, 0.25) is 5.02 Å². The third-order valence-corrected chi connectivity index (χ3v) is 6.38. The molecule has 1 saturated heterocycles. The van der Waals surface area contributed by atoms with Gasteiger partial charge in [-0.25, -0.2) is 4.79 Å². The summed E-state index contributed by atoms with van der Waals surface area (Å²) in [5.74, 6) is 0.0992. The second-order valence-corrected chi connectivity index (χ2v) is 8.61. The third kappa shape index (κ3) is 4.25. The number of hydrogen-bond donors (Lipinski definition) is 2. The van der Waals surface area contributed by atoms with E-state index in [-0.39, 0.29) is 17.6 Å². The average Bonchev–Trinajstić information content (AvgIpc) is 3.45. The Kier molecular flexibility index (Phi) is 6.00. The van der Waals surface area contributed by atoms with Gasteiger partial charge < -0.3 is 19.7 Å². The first-order valence-corrected chi connectivity index (χ1v) is 11.3. The lowest BCUT2D eigenvalue weighted by atomic mass is 10.0. The lowest BCUT2D eigenvalue weighted by Gasteiger charge is -2.26. The van der Waals surface area contributed by atoms with Gasteiger partial charge in [0.25, 0.3) is 0 Å². The van der Waals surface area contributed by atoms with Crippen LogP contribution >= 0.6 is 23.8 Å². The summed E-state index contributed by atoms with van der Waals surface area (Å²) in [5, 5.41) is 13.8. The van der Waals surface area contributed by atoms with Gasteiger partial charge >= 0.3 is 5.97 Å². The van der Waals surface area contributed by atoms with E-state index >= 15 is 0 Å². The van der Waals surface area contributed by atoms with Crippen molar-refractivity contribution in [2.75, 3.05) is 0 Å². The smallest absolute Gasteiger partial charge is 0.335 e. The van der Waals surface area contributed by atoms with Crippen LogP contribution in [0.25, 0.3) is 11.3 Å². The Hall–Kier alpha value is -3.75. The Bertz CT molecular complexity index is 1350. The number of aromatic nitrogens is 2. The molecule has 0 saturated carbocycles. The summed E-state index contributed by atoms with van der Waals surface area (Å²) in [4.78, 5) is 22.1. The van der Waals surface area contributed by atoms with Crippen LogP contribution in [0.3, 0.4) is 0 Å². The van der Waals surface area contributed by atoms with Gasteiger partial charge in [-0.1, -0.05) is 17.7 Å². The first kappa shape index (κ1) is 22.1. The molecule has 5 rings (SSSR count). The average molecular weight is 491 g/mol. The van der Waals surface area contributed by atoms with E-state index in [1.165, 1.54) is 12.1 Å². The van der Waals surface area contributed by atoms with Gasteiger partial charge in [0, 0.05) is 30.7 Å². The molecule has 9 heteroatoms. The summed E-state index contributed by atoms with van der Waals surface area (Å²) in [7, 11) is 0. The number of benzene rings is 1. The van der Waals surface area contributed by atoms with Crippen molar-refractivity contribution in [3.63, 3.8) is 0 Å². The Labute approximate surface area is 206 Å². The zero-order valence-electron chi connectivity index (χ0n) is 17.8. The van der Waals surface area contributed by atoms with E-state index in [0.29, 0.717) is 33.8 Å². The van der Waals surface area contributed by atoms with Crippen LogP contribution in [0.4, 0.5) is 0 Å². The van der Waals surface area contributed by atoms with Gasteiger partial charge in [0.2, 0.25) is 0 Å². The monoisotopic (exact) mass is 490 g/mol. The fraction of sp³-hybridized carbons (Fsp3) is 0.120. The topological polar surface area (TPSA) is 91.5 Å². The van der Waals surface area contributed by atoms with E-state index in [2.05, 4.69) is 20.2 Å². The van der Waals surface area contributed by atoms with Gasteiger partial charge in [0.15, 0.2) is 5.11 Å². The second kappa shape index (κ2) is 9.24. The maximum Gasteiger partial charge on any atom is 0.335 e. The predicted octanol–water partition coefficient (Wildman–Crippen LogP) is 5.26. The summed E-state index contributed by atoms with van der Waals surface area (Å²) >= 11 is 12.1. The number of thiocarbonyl (C=S) groups is 1. The third-order valence-electron chi connectivity index (χ3n) is 5.70. The van der Waals surface area contributed by atoms with Crippen molar-refractivity contribution in [3.8, 4) is 11.3 Å². The molecule has 0 bridgehead atoms. The summed E-state index contributed by atoms with van der Waals surface area (Å²) in [6.45, 7) is 0.549. The quantitative estimate of drug-likeness (QED) is 0.353. The molecule has 1 aromatic carbocycles. The Morgan fingerprint density at radius 1 is 1.12 bits per heavy atom. The first-order chi connectivity index (χ1) is 16.5. The van der Waals surface area contributed by atoms with Gasteiger partial charge in [-0.05, 0) is 72.4 Å². The zero-order chi connectivity index (χ0) is 23.7. The SMILES string of the molecule is O=C(O)c1ccc(Cl)c(-c2ccc([C@H]3[C@@H](c4ccccn4)NC(=S)N3Cc3ccncc3)o2)c1. The molecule has 0 spiro atoms. The number of nitrogens with one attached hydrogen (secondary N) is 1. The number of rotatable bonds is 6. The van der Waals surface area contributed by atoms with Crippen molar-refractivity contribution in [3.05, 3.63) is 107 Å². The molecule has 2 atom stereocenters. The standard InChI is InChI=1S/C25H19ClN4O3S/c26-18-5-4-16(24(31)32)13-17(18)20-6-7-21(33-20)23-22(19-3-1-2-10-28-19)29-25(34)30(23)14-15-8-11-27-12-9-15/h1-13,22-23H,14H2,(H,29,34)(H,31,32)/t22-,23+/m1/s1. The summed E-state index contributed by atoms with van der Waals surface area (Å²) in [6, 6.07) is 17.3. The summed E-state index contributed by atoms with van der Waals surface area (Å²) in [5.41, 5.74) is 2.52. The number of carbonyl (C=O) groups is 1. The largest absolute Gasteiger partial charge is 0.478 e. The van der Waals surface area contributed by atoms with E-state index < -0.39 is 5.97 Å². The summed E-state index contributed by atoms with van der Waals surface area (Å²) in [6.07, 6.45) is 5.23. The number of hydrogen-bond acceptors (Lipinski definition) is 5. The summed E-state index contributed by atoms with van der Waals surface area (Å²) < 4.78 is 6.28. The molecule has 4 aromatic rings. The molecule has 0 amide bonds. The van der Waals surface area contributed by atoms with Crippen LogP contribution in [0.15, 0.2) is 83.7 Å². The minimum Gasteiger partial charge on any atom is -0.478 e. The fourth-order valence-electron chi connectivity index (χ4n) is 4.07. The number of halogens is 1. The number of carboxylic acids is 1. The fourth-order valence-corrected chi connectivity index (χ4v) is 4.59. The molecule has 2 N–H and O–H groups in total. The molecule has 3 aromatic heterocycles. The van der Waals surface area contributed by atoms with Crippen molar-refractivity contribution >= 4 is 34.9 Å². The molecule has 34 heavy (non-hydrogen) atoms. The van der Waals surface area contributed by atoms with Crippen molar-refractivity contribution in [1.82, 2.24) is 20.2 Å². The molecule has 4 heterocycles. The lowest BCUT2D eigenvalue weighted by Crippen LogP contribution is -2.29.